The molecule has 1 rings (SSSR count). The number of hydrogen-bond acceptors (Lipinski definition) is 3. The Labute approximate surface area is 103 Å². The number of amides is 1. The average molecular weight is 287 g/mol. The van der Waals surface area contributed by atoms with Crippen LogP contribution in [-0.4, -0.2) is 25.7 Å². The minimum absolute atomic E-state index is 0.0569. The van der Waals surface area contributed by atoms with Gasteiger partial charge in [0.2, 0.25) is 5.91 Å². The van der Waals surface area contributed by atoms with Crippen molar-refractivity contribution in [2.24, 2.45) is 5.73 Å². The molecule has 0 unspecified atom stereocenters. The molecule has 88 valence electrons. The van der Waals surface area contributed by atoms with E-state index in [0.29, 0.717) is 13.2 Å². The van der Waals surface area contributed by atoms with Crippen LogP contribution in [0.25, 0.3) is 0 Å². The number of para-hydroxylation sites is 1. The third kappa shape index (κ3) is 4.74. The fourth-order valence-electron chi connectivity index (χ4n) is 1.10. The summed E-state index contributed by atoms with van der Waals surface area (Å²) in [6, 6.07) is 7.43. The van der Waals surface area contributed by atoms with Gasteiger partial charge in [-0.3, -0.25) is 4.79 Å². The van der Waals surface area contributed by atoms with Crippen molar-refractivity contribution in [1.82, 2.24) is 0 Å². The molecule has 0 aromatic heterocycles. The van der Waals surface area contributed by atoms with Gasteiger partial charge >= 0.3 is 0 Å². The zero-order valence-electron chi connectivity index (χ0n) is 8.91. The lowest BCUT2D eigenvalue weighted by atomic mass is 10.3. The molecule has 0 saturated heterocycles. The first kappa shape index (κ1) is 13.2. The van der Waals surface area contributed by atoms with E-state index in [9.17, 15) is 4.79 Å². The van der Waals surface area contributed by atoms with Gasteiger partial charge in [0.1, 0.15) is 6.61 Å². The first-order valence-corrected chi connectivity index (χ1v) is 5.85. The standard InChI is InChI=1S/C11H15BrN2O2/c12-9-4-1-2-5-10(9)14-11(15)8-16-7-3-6-13/h1-2,4-5H,3,6-8,13H2,(H,14,15). The lowest BCUT2D eigenvalue weighted by Gasteiger charge is -2.07. The van der Waals surface area contributed by atoms with Gasteiger partial charge in [-0.15, -0.1) is 0 Å². The Kier molecular flexibility index (Phi) is 6.07. The molecule has 1 aromatic carbocycles. The molecule has 0 saturated carbocycles. The van der Waals surface area contributed by atoms with Crippen molar-refractivity contribution in [2.75, 3.05) is 25.1 Å². The molecule has 0 bridgehead atoms. The molecule has 3 N–H and O–H groups in total. The maximum Gasteiger partial charge on any atom is 0.250 e. The number of halogens is 1. The zero-order valence-corrected chi connectivity index (χ0v) is 10.5. The molecule has 4 nitrogen and oxygen atoms in total. The first-order valence-electron chi connectivity index (χ1n) is 5.06. The fourth-order valence-corrected chi connectivity index (χ4v) is 1.48. The van der Waals surface area contributed by atoms with Gasteiger partial charge in [-0.25, -0.2) is 0 Å². The number of carbonyl (C=O) groups excluding carboxylic acids is 1. The summed E-state index contributed by atoms with van der Waals surface area (Å²) >= 11 is 3.35. The number of anilines is 1. The predicted octanol–water partition coefficient (Wildman–Crippen LogP) is 1.75. The topological polar surface area (TPSA) is 64.3 Å². The van der Waals surface area contributed by atoms with Crippen LogP contribution in [0.3, 0.4) is 0 Å². The molecule has 0 aliphatic rings. The van der Waals surface area contributed by atoms with Crippen molar-refractivity contribution in [2.45, 2.75) is 6.42 Å². The Hall–Kier alpha value is -0.910. The number of benzene rings is 1. The molecule has 0 spiro atoms. The fraction of sp³-hybridized carbons (Fsp3) is 0.364. The van der Waals surface area contributed by atoms with E-state index in [4.69, 9.17) is 10.5 Å². The van der Waals surface area contributed by atoms with E-state index in [2.05, 4.69) is 21.2 Å². The number of hydrogen-bond donors (Lipinski definition) is 2. The molecule has 0 heterocycles. The van der Waals surface area contributed by atoms with Crippen LogP contribution in [-0.2, 0) is 9.53 Å². The second-order valence-corrected chi connectivity index (χ2v) is 4.08. The summed E-state index contributed by atoms with van der Waals surface area (Å²) in [5.74, 6) is -0.163. The van der Waals surface area contributed by atoms with Crippen molar-refractivity contribution in [1.29, 1.82) is 0 Å². The molecule has 0 radical (unpaired) electrons. The largest absolute Gasteiger partial charge is 0.372 e. The molecule has 0 fully saturated rings. The second-order valence-electron chi connectivity index (χ2n) is 3.22. The van der Waals surface area contributed by atoms with Gasteiger partial charge < -0.3 is 15.8 Å². The molecule has 0 atom stereocenters. The molecule has 5 heteroatoms. The van der Waals surface area contributed by atoms with E-state index < -0.39 is 0 Å². The second kappa shape index (κ2) is 7.38. The summed E-state index contributed by atoms with van der Waals surface area (Å²) in [5, 5.41) is 2.75. The number of carbonyl (C=O) groups is 1. The van der Waals surface area contributed by atoms with Gasteiger partial charge in [0.05, 0.1) is 5.69 Å². The average Bonchev–Trinajstić information content (AvgIpc) is 2.28. The Morgan fingerprint density at radius 1 is 1.44 bits per heavy atom. The van der Waals surface area contributed by atoms with Crippen LogP contribution in [0.2, 0.25) is 0 Å². The minimum Gasteiger partial charge on any atom is -0.372 e. The van der Waals surface area contributed by atoms with E-state index in [0.717, 1.165) is 16.6 Å². The highest BCUT2D eigenvalue weighted by molar-refractivity contribution is 9.10. The SMILES string of the molecule is NCCCOCC(=O)Nc1ccccc1Br. The molecule has 16 heavy (non-hydrogen) atoms. The molecule has 0 aliphatic carbocycles. The lowest BCUT2D eigenvalue weighted by Crippen LogP contribution is -2.19. The summed E-state index contributed by atoms with van der Waals surface area (Å²) in [7, 11) is 0. The maximum atomic E-state index is 11.4. The van der Waals surface area contributed by atoms with Gasteiger partial charge in [0.25, 0.3) is 0 Å². The van der Waals surface area contributed by atoms with Gasteiger partial charge in [0, 0.05) is 11.1 Å². The summed E-state index contributed by atoms with van der Waals surface area (Å²) in [5.41, 5.74) is 6.05. The van der Waals surface area contributed by atoms with Crippen molar-refractivity contribution >= 4 is 27.5 Å². The quantitative estimate of drug-likeness (QED) is 0.783. The monoisotopic (exact) mass is 286 g/mol. The van der Waals surface area contributed by atoms with Crippen LogP contribution in [0, 0.1) is 0 Å². The van der Waals surface area contributed by atoms with E-state index >= 15 is 0 Å². The Bertz CT molecular complexity index is 345. The Morgan fingerprint density at radius 3 is 2.88 bits per heavy atom. The zero-order chi connectivity index (χ0) is 11.8. The number of rotatable bonds is 6. The number of nitrogens with one attached hydrogen (secondary N) is 1. The van der Waals surface area contributed by atoms with Crippen molar-refractivity contribution in [3.63, 3.8) is 0 Å². The maximum absolute atomic E-state index is 11.4. The third-order valence-electron chi connectivity index (χ3n) is 1.87. The smallest absolute Gasteiger partial charge is 0.250 e. The van der Waals surface area contributed by atoms with Crippen LogP contribution in [0.4, 0.5) is 5.69 Å². The highest BCUT2D eigenvalue weighted by atomic mass is 79.9. The van der Waals surface area contributed by atoms with Crippen LogP contribution in [0.5, 0.6) is 0 Å². The first-order chi connectivity index (χ1) is 7.74. The summed E-state index contributed by atoms with van der Waals surface area (Å²) in [4.78, 5) is 11.4. The van der Waals surface area contributed by atoms with Gasteiger partial charge in [0.15, 0.2) is 0 Å². The summed E-state index contributed by atoms with van der Waals surface area (Å²) in [6.07, 6.45) is 0.766. The highest BCUT2D eigenvalue weighted by Gasteiger charge is 2.04. The molecular weight excluding hydrogens is 272 g/mol. The van der Waals surface area contributed by atoms with Crippen LogP contribution >= 0.6 is 15.9 Å². The van der Waals surface area contributed by atoms with Crippen LogP contribution in [0.1, 0.15) is 6.42 Å². The Morgan fingerprint density at radius 2 is 2.19 bits per heavy atom. The number of ether oxygens (including phenoxy) is 1. The van der Waals surface area contributed by atoms with Crippen LogP contribution < -0.4 is 11.1 Å². The molecule has 0 aliphatic heterocycles. The minimum atomic E-state index is -0.163. The normalized spacial score (nSPS) is 10.1. The van der Waals surface area contributed by atoms with Gasteiger partial charge in [-0.05, 0) is 41.0 Å². The number of nitrogens with two attached hydrogens (primary N) is 1. The summed E-state index contributed by atoms with van der Waals surface area (Å²) in [6.45, 7) is 1.15. The lowest BCUT2D eigenvalue weighted by molar-refractivity contribution is -0.120. The molecule has 1 aromatic rings. The van der Waals surface area contributed by atoms with E-state index in [1.54, 1.807) is 0 Å². The van der Waals surface area contributed by atoms with E-state index in [1.165, 1.54) is 0 Å². The van der Waals surface area contributed by atoms with Crippen molar-refractivity contribution < 1.29 is 9.53 Å². The van der Waals surface area contributed by atoms with Crippen molar-refractivity contribution in [3.8, 4) is 0 Å². The van der Waals surface area contributed by atoms with E-state index in [1.807, 2.05) is 24.3 Å². The van der Waals surface area contributed by atoms with Gasteiger partial charge in [-0.2, -0.15) is 0 Å². The predicted molar refractivity (Wildman–Crippen MR) is 67.3 cm³/mol. The highest BCUT2D eigenvalue weighted by Crippen LogP contribution is 2.20. The van der Waals surface area contributed by atoms with Crippen molar-refractivity contribution in [3.05, 3.63) is 28.7 Å². The van der Waals surface area contributed by atoms with Gasteiger partial charge in [-0.1, -0.05) is 12.1 Å². The van der Waals surface area contributed by atoms with Crippen LogP contribution in [0.15, 0.2) is 28.7 Å². The summed E-state index contributed by atoms with van der Waals surface area (Å²) < 4.78 is 5.99. The Balaban J connectivity index is 2.32. The molecular formula is C11H15BrN2O2. The van der Waals surface area contributed by atoms with E-state index in [-0.39, 0.29) is 12.5 Å². The molecule has 1 amide bonds. The third-order valence-corrected chi connectivity index (χ3v) is 2.57.